The summed E-state index contributed by atoms with van der Waals surface area (Å²) in [4.78, 5) is 12.0. The highest BCUT2D eigenvalue weighted by molar-refractivity contribution is 5.76. The minimum Gasteiger partial charge on any atom is -0.461 e. The van der Waals surface area contributed by atoms with E-state index in [4.69, 9.17) is 4.42 Å². The minimum atomic E-state index is 0.0391. The molecule has 0 bridgehead atoms. The van der Waals surface area contributed by atoms with Crippen LogP contribution in [0.3, 0.4) is 0 Å². The molecular weight excluding hydrogens is 314 g/mol. The smallest absolute Gasteiger partial charge is 0.220 e. The van der Waals surface area contributed by atoms with Crippen molar-refractivity contribution in [2.45, 2.75) is 26.2 Å². The summed E-state index contributed by atoms with van der Waals surface area (Å²) in [6, 6.07) is 12.1. The van der Waals surface area contributed by atoms with E-state index in [9.17, 15) is 4.79 Å². The number of hydrogen-bond donors (Lipinski definition) is 1. The molecule has 3 rings (SSSR count). The van der Waals surface area contributed by atoms with Gasteiger partial charge < -0.3 is 9.73 Å². The average molecular weight is 337 g/mol. The zero-order valence-corrected chi connectivity index (χ0v) is 14.7. The van der Waals surface area contributed by atoms with E-state index in [0.29, 0.717) is 19.4 Å². The monoisotopic (exact) mass is 337 g/mol. The molecule has 5 nitrogen and oxygen atoms in total. The number of hydrogen-bond acceptors (Lipinski definition) is 3. The number of carbonyl (C=O) groups is 1. The van der Waals surface area contributed by atoms with Gasteiger partial charge in [0.05, 0.1) is 6.20 Å². The van der Waals surface area contributed by atoms with E-state index in [1.165, 1.54) is 5.56 Å². The minimum absolute atomic E-state index is 0.0391. The number of benzene rings is 1. The highest BCUT2D eigenvalue weighted by Gasteiger charge is 2.08. The maximum Gasteiger partial charge on any atom is 0.220 e. The van der Waals surface area contributed by atoms with Crippen LogP contribution in [0.2, 0.25) is 0 Å². The van der Waals surface area contributed by atoms with Crippen molar-refractivity contribution in [3.05, 3.63) is 65.7 Å². The highest BCUT2D eigenvalue weighted by atomic mass is 16.3. The van der Waals surface area contributed by atoms with E-state index in [1.54, 1.807) is 4.68 Å². The molecule has 0 saturated carbocycles. The van der Waals surface area contributed by atoms with Gasteiger partial charge in [0.1, 0.15) is 11.5 Å². The molecule has 0 aliphatic heterocycles. The summed E-state index contributed by atoms with van der Waals surface area (Å²) >= 11 is 0. The Morgan fingerprint density at radius 3 is 2.68 bits per heavy atom. The van der Waals surface area contributed by atoms with Crippen LogP contribution in [-0.2, 0) is 24.7 Å². The summed E-state index contributed by atoms with van der Waals surface area (Å²) in [6.07, 6.45) is 5.60. The Morgan fingerprint density at radius 1 is 1.16 bits per heavy atom. The second-order valence-corrected chi connectivity index (χ2v) is 6.25. The SMILES string of the molecule is Cc1ccc(-c2ccc(CCC(=O)NCCc3cnn(C)c3)o2)cc1. The van der Waals surface area contributed by atoms with Crippen LogP contribution in [0.25, 0.3) is 11.3 Å². The Hall–Kier alpha value is -2.82. The van der Waals surface area contributed by atoms with Gasteiger partial charge in [0.25, 0.3) is 0 Å². The Balaban J connectivity index is 1.43. The van der Waals surface area contributed by atoms with Crippen LogP contribution in [0.1, 0.15) is 23.3 Å². The van der Waals surface area contributed by atoms with E-state index in [2.05, 4.69) is 29.5 Å². The summed E-state index contributed by atoms with van der Waals surface area (Å²) in [7, 11) is 1.89. The molecule has 0 aliphatic carbocycles. The van der Waals surface area contributed by atoms with E-state index < -0.39 is 0 Å². The third-order valence-corrected chi connectivity index (χ3v) is 4.09. The van der Waals surface area contributed by atoms with E-state index in [-0.39, 0.29) is 5.91 Å². The molecule has 2 aromatic heterocycles. The zero-order valence-electron chi connectivity index (χ0n) is 14.7. The van der Waals surface area contributed by atoms with Crippen molar-refractivity contribution < 1.29 is 9.21 Å². The van der Waals surface area contributed by atoms with Gasteiger partial charge in [-0.05, 0) is 31.0 Å². The Kier molecular flexibility index (Phi) is 5.33. The molecule has 1 amide bonds. The Bertz CT molecular complexity index is 831. The van der Waals surface area contributed by atoms with E-state index in [0.717, 1.165) is 29.1 Å². The second-order valence-electron chi connectivity index (χ2n) is 6.25. The number of nitrogens with zero attached hydrogens (tertiary/aromatic N) is 2. The molecule has 3 aromatic rings. The third kappa shape index (κ3) is 4.83. The number of furan rings is 1. The summed E-state index contributed by atoms with van der Waals surface area (Å²) in [5, 5.41) is 7.05. The van der Waals surface area contributed by atoms with Crippen molar-refractivity contribution in [3.63, 3.8) is 0 Å². The topological polar surface area (TPSA) is 60.1 Å². The maximum atomic E-state index is 12.0. The van der Waals surface area contributed by atoms with Crippen LogP contribution in [0.4, 0.5) is 0 Å². The van der Waals surface area contributed by atoms with Crippen LogP contribution >= 0.6 is 0 Å². The average Bonchev–Trinajstić information content (AvgIpc) is 3.23. The number of carbonyl (C=O) groups excluding carboxylic acids is 1. The van der Waals surface area contributed by atoms with Crippen LogP contribution in [0, 0.1) is 6.92 Å². The first kappa shape index (κ1) is 17.0. The van der Waals surface area contributed by atoms with Crippen LogP contribution < -0.4 is 5.32 Å². The summed E-state index contributed by atoms with van der Waals surface area (Å²) in [5.41, 5.74) is 3.40. The third-order valence-electron chi connectivity index (χ3n) is 4.09. The fourth-order valence-corrected chi connectivity index (χ4v) is 2.66. The molecule has 130 valence electrons. The lowest BCUT2D eigenvalue weighted by Crippen LogP contribution is -2.25. The van der Waals surface area contributed by atoms with E-state index >= 15 is 0 Å². The van der Waals surface area contributed by atoms with Gasteiger partial charge in [-0.2, -0.15) is 5.10 Å². The standard InChI is InChI=1S/C20H23N3O2/c1-15-3-5-17(6-4-15)19-9-7-18(25-19)8-10-20(24)21-12-11-16-13-22-23(2)14-16/h3-7,9,13-14H,8,10-12H2,1-2H3,(H,21,24). The molecule has 0 saturated heterocycles. The number of aromatic nitrogens is 2. The lowest BCUT2D eigenvalue weighted by Gasteiger charge is -2.03. The zero-order chi connectivity index (χ0) is 17.6. The maximum absolute atomic E-state index is 12.0. The van der Waals surface area contributed by atoms with Crippen molar-refractivity contribution in [1.82, 2.24) is 15.1 Å². The van der Waals surface area contributed by atoms with Gasteiger partial charge in [-0.15, -0.1) is 0 Å². The van der Waals surface area contributed by atoms with E-state index in [1.807, 2.05) is 43.7 Å². The largest absolute Gasteiger partial charge is 0.461 e. The van der Waals surface area contributed by atoms with Gasteiger partial charge >= 0.3 is 0 Å². The summed E-state index contributed by atoms with van der Waals surface area (Å²) in [5.74, 6) is 1.71. The van der Waals surface area contributed by atoms with Crippen LogP contribution in [0.15, 0.2) is 53.2 Å². The van der Waals surface area contributed by atoms with Gasteiger partial charge in [-0.25, -0.2) is 0 Å². The summed E-state index contributed by atoms with van der Waals surface area (Å²) < 4.78 is 7.61. The van der Waals surface area contributed by atoms with Crippen molar-refractivity contribution in [2.24, 2.45) is 7.05 Å². The molecule has 0 aliphatic rings. The normalized spacial score (nSPS) is 10.8. The van der Waals surface area contributed by atoms with Crippen molar-refractivity contribution >= 4 is 5.91 Å². The van der Waals surface area contributed by atoms with Gasteiger partial charge in [0.15, 0.2) is 0 Å². The van der Waals surface area contributed by atoms with Gasteiger partial charge in [-0.1, -0.05) is 29.8 Å². The van der Waals surface area contributed by atoms with Crippen molar-refractivity contribution in [1.29, 1.82) is 0 Å². The van der Waals surface area contributed by atoms with Crippen molar-refractivity contribution in [3.8, 4) is 11.3 Å². The first-order chi connectivity index (χ1) is 12.1. The molecule has 0 unspecified atom stereocenters. The van der Waals surface area contributed by atoms with Gasteiger partial charge in [0.2, 0.25) is 5.91 Å². The fraction of sp³-hybridized carbons (Fsp3) is 0.300. The molecular formula is C20H23N3O2. The molecule has 0 fully saturated rings. The molecule has 0 atom stereocenters. The number of nitrogens with one attached hydrogen (secondary N) is 1. The first-order valence-electron chi connectivity index (χ1n) is 8.50. The number of aryl methyl sites for hydroxylation is 3. The van der Waals surface area contributed by atoms with Crippen LogP contribution in [-0.4, -0.2) is 22.2 Å². The lowest BCUT2D eigenvalue weighted by atomic mass is 10.1. The first-order valence-corrected chi connectivity index (χ1v) is 8.50. The summed E-state index contributed by atoms with van der Waals surface area (Å²) in [6.45, 7) is 2.68. The molecule has 25 heavy (non-hydrogen) atoms. The van der Waals surface area contributed by atoms with Crippen LogP contribution in [0.5, 0.6) is 0 Å². The predicted molar refractivity (Wildman–Crippen MR) is 97.1 cm³/mol. The molecule has 0 radical (unpaired) electrons. The number of amides is 1. The highest BCUT2D eigenvalue weighted by Crippen LogP contribution is 2.23. The molecule has 2 heterocycles. The van der Waals surface area contributed by atoms with Gasteiger partial charge in [-0.3, -0.25) is 9.48 Å². The Labute approximate surface area is 147 Å². The van der Waals surface area contributed by atoms with Crippen molar-refractivity contribution in [2.75, 3.05) is 6.54 Å². The quantitative estimate of drug-likeness (QED) is 0.720. The molecule has 1 aromatic carbocycles. The number of rotatable bonds is 7. The molecule has 5 heteroatoms. The lowest BCUT2D eigenvalue weighted by molar-refractivity contribution is -0.121. The molecule has 1 N–H and O–H groups in total. The second kappa shape index (κ2) is 7.83. The fourth-order valence-electron chi connectivity index (χ4n) is 2.66. The predicted octanol–water partition coefficient (Wildman–Crippen LogP) is 3.28. The molecule has 0 spiro atoms. The van der Waals surface area contributed by atoms with Gasteiger partial charge in [0, 0.05) is 38.2 Å². The Morgan fingerprint density at radius 2 is 1.96 bits per heavy atom.